The Hall–Kier alpha value is -1.93. The van der Waals surface area contributed by atoms with E-state index in [0.29, 0.717) is 17.2 Å². The molecule has 1 atom stereocenters. The Morgan fingerprint density at radius 2 is 1.72 bits per heavy atom. The van der Waals surface area contributed by atoms with Crippen LogP contribution in [0.1, 0.15) is 5.56 Å². The van der Waals surface area contributed by atoms with Crippen LogP contribution in [-0.2, 0) is 4.57 Å². The van der Waals surface area contributed by atoms with Gasteiger partial charge in [0.2, 0.25) is 5.75 Å². The number of phosphoric ester groups is 1. The number of phosphoric acid groups is 1. The second-order valence-electron chi connectivity index (χ2n) is 4.31. The Balaban J connectivity index is 2.03. The van der Waals surface area contributed by atoms with Crippen LogP contribution >= 0.6 is 7.82 Å². The average molecular weight is 260 g/mol. The normalized spacial score (nSPS) is 22.3. The predicted octanol–water partition coefficient (Wildman–Crippen LogP) is 3.93. The van der Waals surface area contributed by atoms with Crippen LogP contribution in [0.25, 0.3) is 11.1 Å². The molecule has 2 heterocycles. The summed E-state index contributed by atoms with van der Waals surface area (Å²) in [4.78, 5) is 0. The van der Waals surface area contributed by atoms with E-state index in [1.54, 1.807) is 0 Å². The lowest BCUT2D eigenvalue weighted by Gasteiger charge is -2.15. The standard InChI is InChI=1S/C13H9O4P/c1-8-7-10-12-13(17-18(14,15-10)16-12)11(8)9-5-3-2-4-6-9/h2-7H,1H3. The quantitative estimate of drug-likeness (QED) is 0.728. The summed E-state index contributed by atoms with van der Waals surface area (Å²) >= 11 is 0. The third kappa shape index (κ3) is 1.18. The van der Waals surface area contributed by atoms with Gasteiger partial charge in [-0.2, -0.15) is 4.57 Å². The van der Waals surface area contributed by atoms with E-state index in [-0.39, 0.29) is 0 Å². The summed E-state index contributed by atoms with van der Waals surface area (Å²) in [6, 6.07) is 11.7. The molecule has 2 aliphatic rings. The number of hydrogen-bond donors (Lipinski definition) is 0. The highest BCUT2D eigenvalue weighted by atomic mass is 31.2. The van der Waals surface area contributed by atoms with Crippen LogP contribution in [-0.4, -0.2) is 0 Å². The minimum atomic E-state index is -3.42. The Bertz CT molecular complexity index is 709. The number of rotatable bonds is 1. The van der Waals surface area contributed by atoms with Crippen LogP contribution in [0.2, 0.25) is 0 Å². The molecule has 2 aromatic carbocycles. The van der Waals surface area contributed by atoms with Crippen LogP contribution < -0.4 is 13.6 Å². The van der Waals surface area contributed by atoms with Crippen molar-refractivity contribution < 1.29 is 18.1 Å². The molecule has 4 nitrogen and oxygen atoms in total. The fraction of sp³-hybridized carbons (Fsp3) is 0.0769. The monoisotopic (exact) mass is 260 g/mol. The number of fused-ring (bicyclic) bond motifs is 1. The fourth-order valence-corrected chi connectivity index (χ4v) is 3.63. The van der Waals surface area contributed by atoms with Gasteiger partial charge in [0.05, 0.1) is 0 Å². The molecule has 4 rings (SSSR count). The first-order valence-electron chi connectivity index (χ1n) is 5.58. The van der Waals surface area contributed by atoms with Crippen LogP contribution in [0, 0.1) is 6.92 Å². The molecule has 2 aliphatic heterocycles. The molecular weight excluding hydrogens is 251 g/mol. The smallest absolute Gasteiger partial charge is 0.382 e. The van der Waals surface area contributed by atoms with Gasteiger partial charge in [-0.1, -0.05) is 30.3 Å². The molecule has 1 unspecified atom stereocenters. The molecule has 0 amide bonds. The molecule has 2 bridgehead atoms. The van der Waals surface area contributed by atoms with E-state index >= 15 is 0 Å². The van der Waals surface area contributed by atoms with E-state index in [1.165, 1.54) is 0 Å². The van der Waals surface area contributed by atoms with Crippen LogP contribution in [0.3, 0.4) is 0 Å². The van der Waals surface area contributed by atoms with Gasteiger partial charge in [-0.15, -0.1) is 0 Å². The summed E-state index contributed by atoms with van der Waals surface area (Å²) in [7, 11) is -3.42. The molecule has 0 spiro atoms. The van der Waals surface area contributed by atoms with Gasteiger partial charge in [-0.05, 0) is 24.1 Å². The van der Waals surface area contributed by atoms with E-state index in [9.17, 15) is 4.57 Å². The van der Waals surface area contributed by atoms with E-state index in [1.807, 2.05) is 43.3 Å². The lowest BCUT2D eigenvalue weighted by atomic mass is 9.98. The molecule has 0 saturated carbocycles. The largest absolute Gasteiger partial charge is 0.647 e. The zero-order chi connectivity index (χ0) is 12.3. The maximum atomic E-state index is 11.9. The Morgan fingerprint density at radius 1 is 1.00 bits per heavy atom. The summed E-state index contributed by atoms with van der Waals surface area (Å²) in [5.74, 6) is 1.50. The molecule has 0 fully saturated rings. The average Bonchev–Trinajstić information content (AvgIpc) is 2.83. The third-order valence-corrected chi connectivity index (χ3v) is 4.31. The summed E-state index contributed by atoms with van der Waals surface area (Å²) in [6.07, 6.45) is 0. The highest BCUT2D eigenvalue weighted by Gasteiger charge is 2.51. The van der Waals surface area contributed by atoms with Gasteiger partial charge in [-0.3, -0.25) is 0 Å². The van der Waals surface area contributed by atoms with Gasteiger partial charge in [0.15, 0.2) is 11.5 Å². The Labute approximate surface area is 104 Å². The lowest BCUT2D eigenvalue weighted by Crippen LogP contribution is -1.99. The second kappa shape index (κ2) is 3.09. The van der Waals surface area contributed by atoms with Gasteiger partial charge in [0, 0.05) is 5.56 Å². The molecule has 90 valence electrons. The lowest BCUT2D eigenvalue weighted by molar-refractivity contribution is 0.354. The van der Waals surface area contributed by atoms with Crippen molar-refractivity contribution in [3.63, 3.8) is 0 Å². The minimum absolute atomic E-state index is 0.461. The zero-order valence-electron chi connectivity index (χ0n) is 9.54. The Kier molecular flexibility index (Phi) is 1.72. The predicted molar refractivity (Wildman–Crippen MR) is 66.1 cm³/mol. The first-order chi connectivity index (χ1) is 8.66. The van der Waals surface area contributed by atoms with E-state index in [0.717, 1.165) is 16.7 Å². The molecule has 0 aliphatic carbocycles. The van der Waals surface area contributed by atoms with Gasteiger partial charge in [0.1, 0.15) is 0 Å². The molecule has 0 radical (unpaired) electrons. The van der Waals surface area contributed by atoms with E-state index in [2.05, 4.69) is 0 Å². The maximum absolute atomic E-state index is 11.9. The first-order valence-corrected chi connectivity index (χ1v) is 7.04. The van der Waals surface area contributed by atoms with Crippen molar-refractivity contribution in [3.05, 3.63) is 42.0 Å². The highest BCUT2D eigenvalue weighted by Crippen LogP contribution is 2.71. The third-order valence-electron chi connectivity index (χ3n) is 3.08. The highest BCUT2D eigenvalue weighted by molar-refractivity contribution is 7.50. The number of hydrogen-bond acceptors (Lipinski definition) is 4. The van der Waals surface area contributed by atoms with Crippen molar-refractivity contribution in [2.24, 2.45) is 0 Å². The number of benzene rings is 2. The Morgan fingerprint density at radius 3 is 2.44 bits per heavy atom. The van der Waals surface area contributed by atoms with Gasteiger partial charge >= 0.3 is 7.82 Å². The van der Waals surface area contributed by atoms with Crippen LogP contribution in [0.4, 0.5) is 0 Å². The summed E-state index contributed by atoms with van der Waals surface area (Å²) < 4.78 is 27.7. The molecule has 18 heavy (non-hydrogen) atoms. The first kappa shape index (κ1) is 10.0. The van der Waals surface area contributed by atoms with Crippen LogP contribution in [0.15, 0.2) is 36.4 Å². The fourth-order valence-electron chi connectivity index (χ4n) is 2.34. The molecule has 5 heteroatoms. The van der Waals surface area contributed by atoms with Crippen molar-refractivity contribution in [1.29, 1.82) is 0 Å². The van der Waals surface area contributed by atoms with Crippen molar-refractivity contribution >= 4 is 7.82 Å². The summed E-state index contributed by atoms with van der Waals surface area (Å²) in [5.41, 5.74) is 2.93. The molecule has 2 aromatic rings. The van der Waals surface area contributed by atoms with Gasteiger partial charge < -0.3 is 13.6 Å². The van der Waals surface area contributed by atoms with Crippen molar-refractivity contribution in [2.45, 2.75) is 6.92 Å². The van der Waals surface area contributed by atoms with Gasteiger partial charge in [-0.25, -0.2) is 0 Å². The summed E-state index contributed by atoms with van der Waals surface area (Å²) in [6.45, 7) is 1.97. The maximum Gasteiger partial charge on any atom is 0.647 e. The second-order valence-corrected chi connectivity index (χ2v) is 5.75. The molecular formula is C13H9O4P. The molecule has 0 saturated heterocycles. The van der Waals surface area contributed by atoms with Crippen molar-refractivity contribution in [1.82, 2.24) is 0 Å². The van der Waals surface area contributed by atoms with Crippen molar-refractivity contribution in [2.75, 3.05) is 0 Å². The van der Waals surface area contributed by atoms with E-state index in [4.69, 9.17) is 13.6 Å². The zero-order valence-corrected chi connectivity index (χ0v) is 10.4. The minimum Gasteiger partial charge on any atom is -0.382 e. The van der Waals surface area contributed by atoms with E-state index < -0.39 is 7.82 Å². The van der Waals surface area contributed by atoms with Crippen LogP contribution in [0.5, 0.6) is 17.2 Å². The summed E-state index contributed by atoms with van der Waals surface area (Å²) in [5, 5.41) is 0. The topological polar surface area (TPSA) is 44.8 Å². The SMILES string of the molecule is Cc1cc2c3c(c1-c1ccccc1)OP(=O)(O2)O3. The molecule has 0 aromatic heterocycles. The van der Waals surface area contributed by atoms with Crippen molar-refractivity contribution in [3.8, 4) is 28.4 Å². The molecule has 0 N–H and O–H groups in total. The number of aryl methyl sites for hydroxylation is 1. The van der Waals surface area contributed by atoms with Gasteiger partial charge in [0.25, 0.3) is 0 Å².